The molecule has 4 nitrogen and oxygen atoms in total. The molecule has 0 amide bonds. The number of halogens is 1. The molecule has 1 aromatic heterocycles. The maximum Gasteiger partial charge on any atom is 0.191 e. The topological polar surface area (TPSA) is 49.6 Å². The highest BCUT2D eigenvalue weighted by Crippen LogP contribution is 2.57. The second-order valence-electron chi connectivity index (χ2n) is 5.48. The Kier molecular flexibility index (Phi) is 4.76. The molecule has 19 heavy (non-hydrogen) atoms. The van der Waals surface area contributed by atoms with Crippen LogP contribution in [0, 0.1) is 5.41 Å². The van der Waals surface area contributed by atoms with E-state index < -0.39 is 0 Å². The number of rotatable bonds is 3. The van der Waals surface area contributed by atoms with E-state index in [1.807, 2.05) is 19.2 Å². The van der Waals surface area contributed by atoms with Crippen LogP contribution in [0.15, 0.2) is 27.8 Å². The summed E-state index contributed by atoms with van der Waals surface area (Å²) in [5.41, 5.74) is 0.600. The third kappa shape index (κ3) is 3.24. The van der Waals surface area contributed by atoms with E-state index >= 15 is 0 Å². The summed E-state index contributed by atoms with van der Waals surface area (Å²) < 4.78 is 5.30. The van der Waals surface area contributed by atoms with Crippen molar-refractivity contribution in [1.82, 2.24) is 10.6 Å². The molecule has 0 aromatic carbocycles. The van der Waals surface area contributed by atoms with Gasteiger partial charge in [0.1, 0.15) is 5.76 Å². The first-order chi connectivity index (χ1) is 8.82. The van der Waals surface area contributed by atoms with E-state index in [1.54, 1.807) is 6.26 Å². The quantitative estimate of drug-likeness (QED) is 0.485. The number of hydrogen-bond donors (Lipinski definition) is 2. The zero-order chi connectivity index (χ0) is 12.4. The smallest absolute Gasteiger partial charge is 0.191 e. The first-order valence-electron chi connectivity index (χ1n) is 6.82. The van der Waals surface area contributed by atoms with Crippen molar-refractivity contribution in [3.63, 3.8) is 0 Å². The molecule has 106 valence electrons. The molecular weight excluding hydrogens is 353 g/mol. The zero-order valence-corrected chi connectivity index (χ0v) is 13.6. The lowest BCUT2D eigenvalue weighted by atomic mass is 10.1. The minimum Gasteiger partial charge on any atom is -0.467 e. The van der Waals surface area contributed by atoms with Crippen LogP contribution >= 0.6 is 24.0 Å². The number of nitrogens with zero attached hydrogens (tertiary/aromatic N) is 1. The highest BCUT2D eigenvalue weighted by atomic mass is 127. The number of hydrogen-bond acceptors (Lipinski definition) is 2. The summed E-state index contributed by atoms with van der Waals surface area (Å²) in [6.07, 6.45) is 8.59. The van der Waals surface area contributed by atoms with Gasteiger partial charge in [-0.05, 0) is 36.8 Å². The monoisotopic (exact) mass is 375 g/mol. The van der Waals surface area contributed by atoms with Gasteiger partial charge in [-0.3, -0.25) is 4.99 Å². The molecule has 2 aliphatic rings. The molecule has 0 radical (unpaired) electrons. The van der Waals surface area contributed by atoms with Crippen LogP contribution in [-0.2, 0) is 6.54 Å². The second kappa shape index (κ2) is 6.15. The van der Waals surface area contributed by atoms with Gasteiger partial charge in [-0.1, -0.05) is 12.8 Å². The predicted octanol–water partition coefficient (Wildman–Crippen LogP) is 2.90. The van der Waals surface area contributed by atoms with E-state index in [1.165, 1.54) is 32.1 Å². The standard InChI is InChI=1S/C14H21N3O.HI/c1-15-13(16-10-11-5-4-8-18-11)17-12-9-14(12)6-2-3-7-14;/h4-5,8,12H,2-3,6-7,9-10H2,1H3,(H2,15,16,17);1H. The van der Waals surface area contributed by atoms with Crippen molar-refractivity contribution in [2.45, 2.75) is 44.7 Å². The van der Waals surface area contributed by atoms with Gasteiger partial charge >= 0.3 is 0 Å². The third-order valence-corrected chi connectivity index (χ3v) is 4.33. The Morgan fingerprint density at radius 1 is 1.47 bits per heavy atom. The Labute approximate surface area is 131 Å². The van der Waals surface area contributed by atoms with E-state index in [9.17, 15) is 0 Å². The van der Waals surface area contributed by atoms with Gasteiger partial charge in [0.05, 0.1) is 12.8 Å². The summed E-state index contributed by atoms with van der Waals surface area (Å²) in [5.74, 6) is 1.82. The van der Waals surface area contributed by atoms with E-state index in [0.29, 0.717) is 18.0 Å². The van der Waals surface area contributed by atoms with Crippen LogP contribution in [0.3, 0.4) is 0 Å². The molecule has 2 saturated carbocycles. The van der Waals surface area contributed by atoms with Gasteiger partial charge in [0, 0.05) is 13.1 Å². The summed E-state index contributed by atoms with van der Waals surface area (Å²) >= 11 is 0. The van der Waals surface area contributed by atoms with E-state index in [2.05, 4.69) is 15.6 Å². The molecule has 0 saturated heterocycles. The number of furan rings is 1. The summed E-state index contributed by atoms with van der Waals surface area (Å²) in [6.45, 7) is 0.687. The lowest BCUT2D eigenvalue weighted by Crippen LogP contribution is -2.39. The summed E-state index contributed by atoms with van der Waals surface area (Å²) in [4.78, 5) is 4.27. The van der Waals surface area contributed by atoms with Crippen LogP contribution in [0.4, 0.5) is 0 Å². The van der Waals surface area contributed by atoms with E-state index in [-0.39, 0.29) is 24.0 Å². The number of guanidine groups is 1. The van der Waals surface area contributed by atoms with Crippen molar-refractivity contribution in [3.8, 4) is 0 Å². The molecule has 1 unspecified atom stereocenters. The predicted molar refractivity (Wildman–Crippen MR) is 86.8 cm³/mol. The first-order valence-corrected chi connectivity index (χ1v) is 6.82. The average Bonchev–Trinajstić information content (AvgIpc) is 2.81. The SMILES string of the molecule is CN=C(NCc1ccco1)NC1CC12CCCC2.I. The van der Waals surface area contributed by atoms with Crippen LogP contribution in [0.5, 0.6) is 0 Å². The van der Waals surface area contributed by atoms with Crippen molar-refractivity contribution in [2.75, 3.05) is 7.05 Å². The van der Waals surface area contributed by atoms with Crippen LogP contribution < -0.4 is 10.6 Å². The second-order valence-corrected chi connectivity index (χ2v) is 5.48. The normalized spacial score (nSPS) is 24.1. The van der Waals surface area contributed by atoms with E-state index in [4.69, 9.17) is 4.42 Å². The van der Waals surface area contributed by atoms with E-state index in [0.717, 1.165) is 11.7 Å². The lowest BCUT2D eigenvalue weighted by molar-refractivity contribution is 0.487. The maximum absolute atomic E-state index is 5.30. The molecule has 1 atom stereocenters. The fourth-order valence-electron chi connectivity index (χ4n) is 3.13. The molecule has 5 heteroatoms. The molecule has 2 aliphatic carbocycles. The average molecular weight is 375 g/mol. The minimum atomic E-state index is 0. The van der Waals surface area contributed by atoms with Gasteiger partial charge in [0.2, 0.25) is 0 Å². The third-order valence-electron chi connectivity index (χ3n) is 4.33. The van der Waals surface area contributed by atoms with Gasteiger partial charge in [-0.25, -0.2) is 0 Å². The Bertz CT molecular complexity index is 424. The molecule has 2 fully saturated rings. The van der Waals surface area contributed by atoms with Gasteiger partial charge in [-0.2, -0.15) is 0 Å². The van der Waals surface area contributed by atoms with Crippen molar-refractivity contribution in [3.05, 3.63) is 24.2 Å². The van der Waals surface area contributed by atoms with Crippen LogP contribution in [0.1, 0.15) is 37.9 Å². The highest BCUT2D eigenvalue weighted by molar-refractivity contribution is 14.0. The molecule has 2 N–H and O–H groups in total. The maximum atomic E-state index is 5.30. The van der Waals surface area contributed by atoms with Gasteiger partial charge in [-0.15, -0.1) is 24.0 Å². The molecule has 1 aromatic rings. The van der Waals surface area contributed by atoms with Crippen molar-refractivity contribution < 1.29 is 4.42 Å². The van der Waals surface area contributed by atoms with Gasteiger partial charge in [0.25, 0.3) is 0 Å². The fourth-order valence-corrected chi connectivity index (χ4v) is 3.13. The highest BCUT2D eigenvalue weighted by Gasteiger charge is 2.55. The largest absolute Gasteiger partial charge is 0.467 e. The molecular formula is C14H22IN3O. The van der Waals surface area contributed by atoms with Crippen LogP contribution in [0.25, 0.3) is 0 Å². The molecule has 1 heterocycles. The van der Waals surface area contributed by atoms with Crippen molar-refractivity contribution in [2.24, 2.45) is 10.4 Å². The lowest BCUT2D eigenvalue weighted by Gasteiger charge is -2.13. The fraction of sp³-hybridized carbons (Fsp3) is 0.643. The molecule has 1 spiro atoms. The molecule has 0 bridgehead atoms. The Balaban J connectivity index is 0.00000133. The number of aliphatic imine (C=N–C) groups is 1. The summed E-state index contributed by atoms with van der Waals surface area (Å²) in [7, 11) is 1.82. The number of nitrogens with one attached hydrogen (secondary N) is 2. The minimum absolute atomic E-state index is 0. The van der Waals surface area contributed by atoms with Gasteiger partial charge < -0.3 is 15.1 Å². The summed E-state index contributed by atoms with van der Waals surface area (Å²) in [6, 6.07) is 4.50. The first kappa shape index (κ1) is 14.7. The molecule has 0 aliphatic heterocycles. The summed E-state index contributed by atoms with van der Waals surface area (Å²) in [5, 5.41) is 6.83. The Morgan fingerprint density at radius 3 is 2.89 bits per heavy atom. The van der Waals surface area contributed by atoms with Crippen LogP contribution in [-0.4, -0.2) is 19.0 Å². The van der Waals surface area contributed by atoms with Crippen LogP contribution in [0.2, 0.25) is 0 Å². The Morgan fingerprint density at radius 2 is 2.26 bits per heavy atom. The zero-order valence-electron chi connectivity index (χ0n) is 11.3. The van der Waals surface area contributed by atoms with Gasteiger partial charge in [0.15, 0.2) is 5.96 Å². The molecule has 3 rings (SSSR count). The van der Waals surface area contributed by atoms with Crippen molar-refractivity contribution >= 4 is 29.9 Å². The van der Waals surface area contributed by atoms with Crippen molar-refractivity contribution in [1.29, 1.82) is 0 Å². The Hall–Kier alpha value is -0.720.